The molecule has 2 saturated heterocycles. The summed E-state index contributed by atoms with van der Waals surface area (Å²) in [6.45, 7) is 7.32. The van der Waals surface area contributed by atoms with Crippen LogP contribution in [0.2, 0.25) is 0 Å². The van der Waals surface area contributed by atoms with Crippen LogP contribution in [0.1, 0.15) is 12.0 Å². The van der Waals surface area contributed by atoms with E-state index in [1.165, 1.54) is 0 Å². The largest absolute Gasteiger partial charge is 0.492 e. The molecule has 2 heterocycles. The number of morpholine rings is 1. The molecular formula is C18H29Cl2N3O3. The molecular weight excluding hydrogens is 377 g/mol. The number of amides is 1. The van der Waals surface area contributed by atoms with Crippen LogP contribution in [0.4, 0.5) is 0 Å². The maximum absolute atomic E-state index is 12.1. The van der Waals surface area contributed by atoms with E-state index in [-0.39, 0.29) is 36.6 Å². The number of para-hydroxylation sites is 1. The normalized spacial score (nSPS) is 19.9. The zero-order valence-corrected chi connectivity index (χ0v) is 16.6. The van der Waals surface area contributed by atoms with Crippen LogP contribution >= 0.6 is 24.8 Å². The predicted molar refractivity (Wildman–Crippen MR) is 107 cm³/mol. The van der Waals surface area contributed by atoms with Gasteiger partial charge in [-0.15, -0.1) is 24.8 Å². The molecule has 2 aliphatic rings. The van der Waals surface area contributed by atoms with Gasteiger partial charge in [-0.25, -0.2) is 0 Å². The van der Waals surface area contributed by atoms with E-state index in [1.807, 2.05) is 24.3 Å². The topological polar surface area (TPSA) is 62.8 Å². The highest BCUT2D eigenvalue weighted by atomic mass is 35.5. The van der Waals surface area contributed by atoms with Crippen molar-refractivity contribution in [3.8, 4) is 5.75 Å². The van der Waals surface area contributed by atoms with Crippen molar-refractivity contribution >= 4 is 30.7 Å². The summed E-state index contributed by atoms with van der Waals surface area (Å²) in [6.07, 6.45) is 0.920. The summed E-state index contributed by atoms with van der Waals surface area (Å²) in [5.74, 6) is 1.08. The van der Waals surface area contributed by atoms with Crippen molar-refractivity contribution in [1.29, 1.82) is 0 Å². The number of benzene rings is 1. The molecule has 0 spiro atoms. The van der Waals surface area contributed by atoms with E-state index in [0.29, 0.717) is 13.2 Å². The third-order valence-electron chi connectivity index (χ3n) is 4.63. The van der Waals surface area contributed by atoms with Gasteiger partial charge in [0.1, 0.15) is 12.4 Å². The number of carbonyl (C=O) groups is 1. The van der Waals surface area contributed by atoms with E-state index >= 15 is 0 Å². The first-order chi connectivity index (χ1) is 11.8. The van der Waals surface area contributed by atoms with Gasteiger partial charge in [0.2, 0.25) is 5.91 Å². The summed E-state index contributed by atoms with van der Waals surface area (Å²) in [7, 11) is 0. The van der Waals surface area contributed by atoms with Crippen LogP contribution in [0, 0.1) is 5.92 Å². The average Bonchev–Trinajstić information content (AvgIpc) is 3.16. The Morgan fingerprint density at radius 3 is 2.77 bits per heavy atom. The van der Waals surface area contributed by atoms with Crippen molar-refractivity contribution in [3.63, 3.8) is 0 Å². The molecule has 26 heavy (non-hydrogen) atoms. The standard InChI is InChI=1S/C18H27N3O3.2ClH/c22-18(16-5-6-19-13-16)20-14-15-3-1-2-4-17(15)24-12-9-21-7-10-23-11-8-21;;/h1-4,16,19H,5-14H2,(H,20,22);2*1H. The van der Waals surface area contributed by atoms with Gasteiger partial charge in [-0.2, -0.15) is 0 Å². The van der Waals surface area contributed by atoms with E-state index in [1.54, 1.807) is 0 Å². The minimum atomic E-state index is 0. The monoisotopic (exact) mass is 405 g/mol. The summed E-state index contributed by atoms with van der Waals surface area (Å²) < 4.78 is 11.3. The third kappa shape index (κ3) is 6.93. The number of carbonyl (C=O) groups excluding carboxylic acids is 1. The Morgan fingerprint density at radius 1 is 1.27 bits per heavy atom. The number of nitrogens with one attached hydrogen (secondary N) is 2. The Bertz CT molecular complexity index is 536. The van der Waals surface area contributed by atoms with Crippen LogP contribution in [0.25, 0.3) is 0 Å². The minimum Gasteiger partial charge on any atom is -0.492 e. The van der Waals surface area contributed by atoms with Gasteiger partial charge in [0.25, 0.3) is 0 Å². The molecule has 148 valence electrons. The summed E-state index contributed by atoms with van der Waals surface area (Å²) in [4.78, 5) is 14.5. The van der Waals surface area contributed by atoms with Gasteiger partial charge in [0.15, 0.2) is 0 Å². The van der Waals surface area contributed by atoms with Gasteiger partial charge in [0, 0.05) is 38.3 Å². The van der Waals surface area contributed by atoms with Crippen LogP contribution in [-0.4, -0.2) is 63.4 Å². The van der Waals surface area contributed by atoms with E-state index < -0.39 is 0 Å². The lowest BCUT2D eigenvalue weighted by Gasteiger charge is -2.26. The molecule has 0 aliphatic carbocycles. The number of hydrogen-bond donors (Lipinski definition) is 2. The summed E-state index contributed by atoms with van der Waals surface area (Å²) in [6, 6.07) is 7.93. The molecule has 8 heteroatoms. The summed E-state index contributed by atoms with van der Waals surface area (Å²) in [5, 5.41) is 6.26. The van der Waals surface area contributed by atoms with Gasteiger partial charge in [-0.1, -0.05) is 18.2 Å². The van der Waals surface area contributed by atoms with Crippen molar-refractivity contribution in [2.75, 3.05) is 52.5 Å². The Morgan fingerprint density at radius 2 is 2.04 bits per heavy atom. The number of rotatable bonds is 7. The molecule has 3 rings (SSSR count). The molecule has 1 amide bonds. The second-order valence-corrected chi connectivity index (χ2v) is 6.32. The minimum absolute atomic E-state index is 0. The number of halogens is 2. The van der Waals surface area contributed by atoms with Crippen LogP contribution in [0.3, 0.4) is 0 Å². The smallest absolute Gasteiger partial charge is 0.224 e. The van der Waals surface area contributed by atoms with Gasteiger partial charge in [-0.05, 0) is 19.0 Å². The van der Waals surface area contributed by atoms with Crippen molar-refractivity contribution in [3.05, 3.63) is 29.8 Å². The Kier molecular flexibility index (Phi) is 10.9. The maximum Gasteiger partial charge on any atom is 0.224 e. The van der Waals surface area contributed by atoms with E-state index in [4.69, 9.17) is 9.47 Å². The highest BCUT2D eigenvalue weighted by molar-refractivity contribution is 5.85. The molecule has 2 fully saturated rings. The fourth-order valence-corrected chi connectivity index (χ4v) is 3.11. The second-order valence-electron chi connectivity index (χ2n) is 6.32. The predicted octanol–water partition coefficient (Wildman–Crippen LogP) is 1.47. The van der Waals surface area contributed by atoms with Gasteiger partial charge < -0.3 is 20.1 Å². The quantitative estimate of drug-likeness (QED) is 0.718. The number of nitrogens with zero attached hydrogens (tertiary/aromatic N) is 1. The Labute approximate surface area is 167 Å². The lowest BCUT2D eigenvalue weighted by molar-refractivity contribution is -0.124. The van der Waals surface area contributed by atoms with Crippen molar-refractivity contribution in [2.24, 2.45) is 5.92 Å². The zero-order valence-electron chi connectivity index (χ0n) is 14.9. The first-order valence-electron chi connectivity index (χ1n) is 8.82. The SMILES string of the molecule is Cl.Cl.O=C(NCc1ccccc1OCCN1CCOCC1)C1CCNC1. The molecule has 0 radical (unpaired) electrons. The average molecular weight is 406 g/mol. The maximum atomic E-state index is 12.1. The first kappa shape index (κ1) is 23.0. The molecule has 2 aliphatic heterocycles. The third-order valence-corrected chi connectivity index (χ3v) is 4.63. The van der Waals surface area contributed by atoms with Gasteiger partial charge in [-0.3, -0.25) is 9.69 Å². The van der Waals surface area contributed by atoms with Gasteiger partial charge in [0.05, 0.1) is 19.1 Å². The van der Waals surface area contributed by atoms with Crippen LogP contribution in [-0.2, 0) is 16.1 Å². The first-order valence-corrected chi connectivity index (χ1v) is 8.82. The van der Waals surface area contributed by atoms with E-state index in [2.05, 4.69) is 15.5 Å². The van der Waals surface area contributed by atoms with Crippen molar-refractivity contribution in [1.82, 2.24) is 15.5 Å². The molecule has 1 unspecified atom stereocenters. The Hall–Kier alpha value is -1.05. The van der Waals surface area contributed by atoms with Crippen LogP contribution in [0.5, 0.6) is 5.75 Å². The lowest BCUT2D eigenvalue weighted by Crippen LogP contribution is -2.38. The fraction of sp³-hybridized carbons (Fsp3) is 0.611. The van der Waals surface area contributed by atoms with Crippen molar-refractivity contribution in [2.45, 2.75) is 13.0 Å². The zero-order chi connectivity index (χ0) is 16.6. The van der Waals surface area contributed by atoms with Gasteiger partial charge >= 0.3 is 0 Å². The van der Waals surface area contributed by atoms with Crippen LogP contribution < -0.4 is 15.4 Å². The molecule has 0 aromatic heterocycles. The molecule has 0 saturated carbocycles. The molecule has 2 N–H and O–H groups in total. The molecule has 1 aromatic carbocycles. The van der Waals surface area contributed by atoms with E-state index in [9.17, 15) is 4.79 Å². The fourth-order valence-electron chi connectivity index (χ4n) is 3.11. The van der Waals surface area contributed by atoms with Crippen LogP contribution in [0.15, 0.2) is 24.3 Å². The Balaban J connectivity index is 0.00000169. The second kappa shape index (κ2) is 12.4. The molecule has 0 bridgehead atoms. The lowest BCUT2D eigenvalue weighted by atomic mass is 10.1. The van der Waals surface area contributed by atoms with E-state index in [0.717, 1.165) is 63.7 Å². The molecule has 1 atom stereocenters. The highest BCUT2D eigenvalue weighted by Crippen LogP contribution is 2.18. The number of ether oxygens (including phenoxy) is 2. The van der Waals surface area contributed by atoms with Crippen molar-refractivity contribution < 1.29 is 14.3 Å². The molecule has 1 aromatic rings. The molecule has 6 nitrogen and oxygen atoms in total. The summed E-state index contributed by atoms with van der Waals surface area (Å²) >= 11 is 0. The highest BCUT2D eigenvalue weighted by Gasteiger charge is 2.22. The number of hydrogen-bond acceptors (Lipinski definition) is 5. The summed E-state index contributed by atoms with van der Waals surface area (Å²) in [5.41, 5.74) is 1.03.